The van der Waals surface area contributed by atoms with Crippen LogP contribution in [0.1, 0.15) is 17.5 Å². The monoisotopic (exact) mass is 330 g/mol. The molecule has 1 aliphatic heterocycles. The topological polar surface area (TPSA) is 50.2 Å². The molecule has 1 saturated heterocycles. The van der Waals surface area contributed by atoms with Crippen molar-refractivity contribution in [1.29, 1.82) is 0 Å². The fourth-order valence-corrected chi connectivity index (χ4v) is 3.17. The molecule has 1 N–H and O–H groups in total. The average Bonchev–Trinajstić information content (AvgIpc) is 3.17. The Kier molecular flexibility index (Phi) is 5.25. The summed E-state index contributed by atoms with van der Waals surface area (Å²) in [6, 6.07) is 6.42. The highest BCUT2D eigenvalue weighted by Gasteiger charge is 2.23. The number of nitrogens with zero attached hydrogens (tertiary/aromatic N) is 3. The van der Waals surface area contributed by atoms with E-state index in [2.05, 4.69) is 15.3 Å². The first-order valence-corrected chi connectivity index (χ1v) is 8.30. The summed E-state index contributed by atoms with van der Waals surface area (Å²) in [6.07, 6.45) is 5.09. The zero-order valence-electron chi connectivity index (χ0n) is 13.9. The zero-order valence-corrected chi connectivity index (χ0v) is 13.9. The molecule has 24 heavy (non-hydrogen) atoms. The molecule has 0 saturated carbocycles. The molecule has 0 spiro atoms. The van der Waals surface area contributed by atoms with Crippen LogP contribution in [0.15, 0.2) is 36.7 Å². The molecular formula is C18H23FN4O. The van der Waals surface area contributed by atoms with Gasteiger partial charge in [0.2, 0.25) is 5.91 Å². The number of hydrogen-bond acceptors (Lipinski definition) is 3. The molecule has 1 aliphatic rings. The van der Waals surface area contributed by atoms with Crippen LogP contribution < -0.4 is 5.32 Å². The second kappa shape index (κ2) is 7.57. The molecule has 1 unspecified atom stereocenters. The molecule has 2 aromatic rings. The lowest BCUT2D eigenvalue weighted by Crippen LogP contribution is -2.32. The van der Waals surface area contributed by atoms with E-state index in [9.17, 15) is 9.18 Å². The Hall–Kier alpha value is -2.21. The molecule has 128 valence electrons. The predicted molar refractivity (Wildman–Crippen MR) is 89.7 cm³/mol. The van der Waals surface area contributed by atoms with E-state index in [0.29, 0.717) is 18.0 Å². The van der Waals surface area contributed by atoms with E-state index in [4.69, 9.17) is 0 Å². The first-order valence-electron chi connectivity index (χ1n) is 8.30. The van der Waals surface area contributed by atoms with Crippen LogP contribution in [0.2, 0.25) is 0 Å². The maximum Gasteiger partial charge on any atom is 0.224 e. The van der Waals surface area contributed by atoms with Crippen molar-refractivity contribution in [2.75, 3.05) is 19.6 Å². The maximum absolute atomic E-state index is 13.6. The Morgan fingerprint density at radius 2 is 2.25 bits per heavy atom. The number of rotatable bonds is 6. The maximum atomic E-state index is 13.6. The van der Waals surface area contributed by atoms with E-state index < -0.39 is 0 Å². The van der Waals surface area contributed by atoms with E-state index in [-0.39, 0.29) is 18.1 Å². The van der Waals surface area contributed by atoms with E-state index in [1.54, 1.807) is 18.2 Å². The number of hydrogen-bond donors (Lipinski definition) is 1. The van der Waals surface area contributed by atoms with Crippen LogP contribution >= 0.6 is 0 Å². The van der Waals surface area contributed by atoms with Crippen LogP contribution in [-0.2, 0) is 24.8 Å². The number of nitrogens with one attached hydrogen (secondary N) is 1. The standard InChI is InChI=1S/C18H23FN4O/c1-22-11-15(10-21-22)13-23-7-6-14(12-23)9-20-18(24)8-16-4-2-3-5-17(16)19/h2-5,10-11,14H,6-9,12-13H2,1H3,(H,20,24). The van der Waals surface area contributed by atoms with Gasteiger partial charge in [-0.3, -0.25) is 14.4 Å². The van der Waals surface area contributed by atoms with Gasteiger partial charge in [-0.05, 0) is 30.5 Å². The summed E-state index contributed by atoms with van der Waals surface area (Å²) in [5.41, 5.74) is 1.65. The fraction of sp³-hybridized carbons (Fsp3) is 0.444. The van der Waals surface area contributed by atoms with E-state index in [0.717, 1.165) is 26.1 Å². The molecule has 6 heteroatoms. The summed E-state index contributed by atoms with van der Waals surface area (Å²) in [5, 5.41) is 7.13. The van der Waals surface area contributed by atoms with Crippen molar-refractivity contribution < 1.29 is 9.18 Å². The molecule has 1 aromatic carbocycles. The van der Waals surface area contributed by atoms with Gasteiger partial charge >= 0.3 is 0 Å². The third kappa shape index (κ3) is 4.41. The largest absolute Gasteiger partial charge is 0.355 e. The van der Waals surface area contributed by atoms with Crippen molar-refractivity contribution in [2.24, 2.45) is 13.0 Å². The summed E-state index contributed by atoms with van der Waals surface area (Å²) in [6.45, 7) is 3.54. The normalized spacial score (nSPS) is 18.0. The van der Waals surface area contributed by atoms with Crippen molar-refractivity contribution in [3.63, 3.8) is 0 Å². The number of aromatic nitrogens is 2. The van der Waals surface area contributed by atoms with Gasteiger partial charge in [-0.25, -0.2) is 4.39 Å². The number of carbonyl (C=O) groups is 1. The van der Waals surface area contributed by atoms with Gasteiger partial charge in [-0.15, -0.1) is 0 Å². The van der Waals surface area contributed by atoms with Gasteiger partial charge in [0.15, 0.2) is 0 Å². The van der Waals surface area contributed by atoms with Crippen molar-refractivity contribution in [2.45, 2.75) is 19.4 Å². The van der Waals surface area contributed by atoms with Crippen molar-refractivity contribution >= 4 is 5.91 Å². The lowest BCUT2D eigenvalue weighted by Gasteiger charge is -2.15. The first kappa shape index (κ1) is 16.6. The molecule has 0 radical (unpaired) electrons. The van der Waals surface area contributed by atoms with Crippen LogP contribution in [-0.4, -0.2) is 40.2 Å². The summed E-state index contributed by atoms with van der Waals surface area (Å²) in [4.78, 5) is 14.4. The van der Waals surface area contributed by atoms with Crippen molar-refractivity contribution in [3.8, 4) is 0 Å². The van der Waals surface area contributed by atoms with Crippen molar-refractivity contribution in [3.05, 3.63) is 53.6 Å². The molecule has 1 amide bonds. The summed E-state index contributed by atoms with van der Waals surface area (Å²) in [5.74, 6) is 0.00760. The minimum Gasteiger partial charge on any atom is -0.355 e. The molecule has 1 atom stereocenters. The average molecular weight is 330 g/mol. The van der Waals surface area contributed by atoms with E-state index >= 15 is 0 Å². The van der Waals surface area contributed by atoms with E-state index in [1.165, 1.54) is 11.6 Å². The number of halogens is 1. The SMILES string of the molecule is Cn1cc(CN2CCC(CNC(=O)Cc3ccccc3F)C2)cn1. The van der Waals surface area contributed by atoms with Gasteiger partial charge < -0.3 is 5.32 Å². The molecule has 0 bridgehead atoms. The zero-order chi connectivity index (χ0) is 16.9. The van der Waals surface area contributed by atoms with Crippen LogP contribution in [0.4, 0.5) is 4.39 Å². The van der Waals surface area contributed by atoms with Gasteiger partial charge in [0.1, 0.15) is 5.82 Å². The number of carbonyl (C=O) groups excluding carboxylic acids is 1. The fourth-order valence-electron chi connectivity index (χ4n) is 3.17. The van der Waals surface area contributed by atoms with Gasteiger partial charge in [-0.2, -0.15) is 5.10 Å². The highest BCUT2D eigenvalue weighted by Crippen LogP contribution is 2.18. The molecule has 1 fully saturated rings. The van der Waals surface area contributed by atoms with Gasteiger partial charge in [0.05, 0.1) is 12.6 Å². The smallest absolute Gasteiger partial charge is 0.224 e. The highest BCUT2D eigenvalue weighted by molar-refractivity contribution is 5.78. The van der Waals surface area contributed by atoms with Crippen LogP contribution in [0.3, 0.4) is 0 Å². The Bertz CT molecular complexity index is 700. The Morgan fingerprint density at radius 3 is 3.00 bits per heavy atom. The molecular weight excluding hydrogens is 307 g/mol. The lowest BCUT2D eigenvalue weighted by molar-refractivity contribution is -0.120. The van der Waals surface area contributed by atoms with Crippen LogP contribution in [0, 0.1) is 11.7 Å². The second-order valence-electron chi connectivity index (χ2n) is 6.48. The van der Waals surface area contributed by atoms with Crippen LogP contribution in [0.25, 0.3) is 0 Å². The Morgan fingerprint density at radius 1 is 1.42 bits per heavy atom. The first-order chi connectivity index (χ1) is 11.6. The quantitative estimate of drug-likeness (QED) is 0.878. The minimum atomic E-state index is -0.323. The van der Waals surface area contributed by atoms with Gasteiger partial charge in [0.25, 0.3) is 0 Å². The van der Waals surface area contributed by atoms with Gasteiger partial charge in [0, 0.05) is 38.4 Å². The number of likely N-dealkylation sites (tertiary alicyclic amines) is 1. The Labute approximate surface area is 141 Å². The number of aryl methyl sites for hydroxylation is 1. The molecule has 3 rings (SSSR count). The molecule has 2 heterocycles. The third-order valence-electron chi connectivity index (χ3n) is 4.43. The van der Waals surface area contributed by atoms with Crippen LogP contribution in [0.5, 0.6) is 0 Å². The number of benzene rings is 1. The summed E-state index contributed by atoms with van der Waals surface area (Å²) in [7, 11) is 1.92. The lowest BCUT2D eigenvalue weighted by atomic mass is 10.1. The minimum absolute atomic E-state index is 0.0960. The molecule has 1 aromatic heterocycles. The number of amides is 1. The van der Waals surface area contributed by atoms with Crippen molar-refractivity contribution in [1.82, 2.24) is 20.0 Å². The second-order valence-corrected chi connectivity index (χ2v) is 6.48. The third-order valence-corrected chi connectivity index (χ3v) is 4.43. The Balaban J connectivity index is 1.41. The predicted octanol–water partition coefficient (Wildman–Crippen LogP) is 1.74. The molecule has 5 nitrogen and oxygen atoms in total. The van der Waals surface area contributed by atoms with Gasteiger partial charge in [-0.1, -0.05) is 18.2 Å². The summed E-state index contributed by atoms with van der Waals surface area (Å²) < 4.78 is 15.4. The molecule has 0 aliphatic carbocycles. The summed E-state index contributed by atoms with van der Waals surface area (Å²) >= 11 is 0. The highest BCUT2D eigenvalue weighted by atomic mass is 19.1. The van der Waals surface area contributed by atoms with E-state index in [1.807, 2.05) is 24.1 Å².